The van der Waals surface area contributed by atoms with E-state index in [1.54, 1.807) is 25.1 Å². The summed E-state index contributed by atoms with van der Waals surface area (Å²) in [6.45, 7) is 1.34. The summed E-state index contributed by atoms with van der Waals surface area (Å²) in [5.74, 6) is -0.976. The molecule has 1 atom stereocenters. The summed E-state index contributed by atoms with van der Waals surface area (Å²) < 4.78 is 33.4. The predicted molar refractivity (Wildman–Crippen MR) is 134 cm³/mol. The minimum absolute atomic E-state index is 0.0132. The third kappa shape index (κ3) is 5.61. The number of amides is 2. The van der Waals surface area contributed by atoms with E-state index in [0.29, 0.717) is 11.3 Å². The van der Waals surface area contributed by atoms with Gasteiger partial charge < -0.3 is 9.73 Å². The Morgan fingerprint density at radius 1 is 1.08 bits per heavy atom. The molecule has 2 amide bonds. The molecule has 0 unspecified atom stereocenters. The summed E-state index contributed by atoms with van der Waals surface area (Å²) in [6, 6.07) is 13.1. The molecule has 0 radical (unpaired) electrons. The molecule has 0 aliphatic heterocycles. The monoisotopic (exact) mass is 520 g/mol. The summed E-state index contributed by atoms with van der Waals surface area (Å²) in [7, 11) is 0. The molecule has 4 aromatic rings. The van der Waals surface area contributed by atoms with E-state index in [1.165, 1.54) is 47.4 Å². The topological polar surface area (TPSA) is 106 Å². The van der Waals surface area contributed by atoms with E-state index >= 15 is 0 Å². The summed E-state index contributed by atoms with van der Waals surface area (Å²) >= 11 is 0. The van der Waals surface area contributed by atoms with Crippen LogP contribution in [0.2, 0.25) is 0 Å². The molecule has 1 aliphatic carbocycles. The van der Waals surface area contributed by atoms with Crippen LogP contribution in [0.3, 0.4) is 0 Å². The Labute approximate surface area is 217 Å². The number of halogens is 2. The highest BCUT2D eigenvalue weighted by Crippen LogP contribution is 2.31. The summed E-state index contributed by atoms with van der Waals surface area (Å²) in [5, 5.41) is 15.2. The van der Waals surface area contributed by atoms with Crippen molar-refractivity contribution < 1.29 is 22.8 Å². The lowest BCUT2D eigenvalue weighted by Gasteiger charge is -2.30. The summed E-state index contributed by atoms with van der Waals surface area (Å²) in [5.41, 5.74) is 0.696. The Morgan fingerprint density at radius 2 is 1.84 bits per heavy atom. The average molecular weight is 521 g/mol. The number of benzene rings is 2. The molecule has 0 bridgehead atoms. The molecular formula is C27H26F2N6O3. The second kappa shape index (κ2) is 10.9. The second-order valence-corrected chi connectivity index (χ2v) is 9.23. The normalized spacial score (nSPS) is 14.4. The van der Waals surface area contributed by atoms with Crippen molar-refractivity contribution in [3.63, 3.8) is 0 Å². The summed E-state index contributed by atoms with van der Waals surface area (Å²) in [4.78, 5) is 29.7. The van der Waals surface area contributed by atoms with Crippen LogP contribution in [0.15, 0.2) is 65.1 Å². The first-order chi connectivity index (χ1) is 18.4. The van der Waals surface area contributed by atoms with Gasteiger partial charge in [0.05, 0.1) is 0 Å². The number of anilines is 1. The van der Waals surface area contributed by atoms with Crippen molar-refractivity contribution in [3.05, 3.63) is 83.8 Å². The highest BCUT2D eigenvalue weighted by Gasteiger charge is 2.37. The van der Waals surface area contributed by atoms with E-state index < -0.39 is 36.0 Å². The van der Waals surface area contributed by atoms with Gasteiger partial charge in [-0.25, -0.2) is 8.78 Å². The lowest BCUT2D eigenvalue weighted by Crippen LogP contribution is -2.47. The summed E-state index contributed by atoms with van der Waals surface area (Å²) in [6.07, 6.45) is 3.71. The number of rotatable bonds is 8. The van der Waals surface area contributed by atoms with Gasteiger partial charge in [-0.1, -0.05) is 18.9 Å². The zero-order valence-electron chi connectivity index (χ0n) is 20.7. The molecule has 2 aromatic heterocycles. The molecule has 38 heavy (non-hydrogen) atoms. The third-order valence-corrected chi connectivity index (χ3v) is 6.43. The smallest absolute Gasteiger partial charge is 0.251 e. The van der Waals surface area contributed by atoms with Crippen LogP contribution in [-0.4, -0.2) is 38.1 Å². The van der Waals surface area contributed by atoms with Gasteiger partial charge >= 0.3 is 0 Å². The van der Waals surface area contributed by atoms with Crippen LogP contribution in [0.1, 0.15) is 43.2 Å². The van der Waals surface area contributed by atoms with Crippen LogP contribution in [0.5, 0.6) is 0 Å². The molecular weight excluding hydrogens is 494 g/mol. The molecule has 11 heteroatoms. The van der Waals surface area contributed by atoms with E-state index in [0.717, 1.165) is 30.5 Å². The van der Waals surface area contributed by atoms with Crippen LogP contribution in [-0.2, 0) is 16.1 Å². The Kier molecular flexibility index (Phi) is 7.25. The maximum absolute atomic E-state index is 14.3. The fourth-order valence-corrected chi connectivity index (χ4v) is 4.61. The Hall–Kier alpha value is -4.41. The van der Waals surface area contributed by atoms with Crippen molar-refractivity contribution in [3.8, 4) is 11.4 Å². The van der Waals surface area contributed by atoms with E-state index in [9.17, 15) is 18.4 Å². The van der Waals surface area contributed by atoms with E-state index in [4.69, 9.17) is 4.42 Å². The van der Waals surface area contributed by atoms with Crippen molar-refractivity contribution in [1.29, 1.82) is 0 Å². The van der Waals surface area contributed by atoms with Gasteiger partial charge in [0, 0.05) is 17.3 Å². The van der Waals surface area contributed by atoms with Crippen LogP contribution >= 0.6 is 0 Å². The molecule has 0 saturated heterocycles. The van der Waals surface area contributed by atoms with Crippen molar-refractivity contribution in [2.24, 2.45) is 0 Å². The lowest BCUT2D eigenvalue weighted by molar-refractivity contribution is -0.128. The first-order valence-corrected chi connectivity index (χ1v) is 12.4. The van der Waals surface area contributed by atoms with Crippen molar-refractivity contribution in [2.75, 3.05) is 4.90 Å². The first-order valence-electron chi connectivity index (χ1n) is 12.4. The van der Waals surface area contributed by atoms with Crippen molar-refractivity contribution >= 4 is 17.5 Å². The molecule has 1 aliphatic rings. The van der Waals surface area contributed by atoms with Crippen molar-refractivity contribution in [1.82, 2.24) is 25.5 Å². The lowest BCUT2D eigenvalue weighted by atomic mass is 10.1. The third-order valence-electron chi connectivity index (χ3n) is 6.43. The predicted octanol–water partition coefficient (Wildman–Crippen LogP) is 4.35. The number of nitrogens with zero attached hydrogens (tertiary/aromatic N) is 5. The highest BCUT2D eigenvalue weighted by atomic mass is 19.1. The van der Waals surface area contributed by atoms with E-state index in [-0.39, 0.29) is 23.3 Å². The van der Waals surface area contributed by atoms with E-state index in [2.05, 4.69) is 20.7 Å². The fourth-order valence-electron chi connectivity index (χ4n) is 4.61. The molecule has 1 N–H and O–H groups in total. The van der Waals surface area contributed by atoms with Crippen LogP contribution in [0.4, 0.5) is 14.5 Å². The number of aryl methyl sites for hydroxylation is 1. The minimum Gasteiger partial charge on any atom is -0.464 e. The van der Waals surface area contributed by atoms with E-state index in [1.807, 2.05) is 0 Å². The SMILES string of the molecule is Cc1ccc([C@@H](C(=O)NC2CCCC2)N(C(=O)Cn2nnc(-c3ccc(F)cc3)n2)c2cccc(F)c2)o1. The zero-order chi connectivity index (χ0) is 26.6. The molecule has 0 spiro atoms. The Balaban J connectivity index is 1.49. The van der Waals surface area contributed by atoms with Crippen LogP contribution in [0.25, 0.3) is 11.4 Å². The minimum atomic E-state index is -1.20. The quantitative estimate of drug-likeness (QED) is 0.370. The van der Waals surface area contributed by atoms with Crippen molar-refractivity contribution in [2.45, 2.75) is 51.2 Å². The van der Waals surface area contributed by atoms with Crippen LogP contribution in [0, 0.1) is 18.6 Å². The standard InChI is InChI=1S/C27H26F2N6O3/c1-17-9-14-23(38-17)25(27(37)30-21-6-2-3-7-21)35(22-8-4-5-20(29)15-22)24(36)16-34-32-26(31-33-34)18-10-12-19(28)13-11-18/h4-5,8-15,21,25H,2-3,6-7,16H2,1H3,(H,30,37)/t25-/m0/s1. The van der Waals surface area contributed by atoms with Gasteiger partial charge in [-0.2, -0.15) is 4.80 Å². The number of furan rings is 1. The van der Waals surface area contributed by atoms with Gasteiger partial charge in [-0.15, -0.1) is 10.2 Å². The molecule has 9 nitrogen and oxygen atoms in total. The number of carbonyl (C=O) groups excluding carboxylic acids is 2. The number of hydrogen-bond donors (Lipinski definition) is 1. The molecule has 2 heterocycles. The van der Waals surface area contributed by atoms with Gasteiger partial charge in [0.25, 0.3) is 11.8 Å². The first kappa shape index (κ1) is 25.2. The zero-order valence-corrected chi connectivity index (χ0v) is 20.7. The number of carbonyl (C=O) groups is 2. The van der Waals surface area contributed by atoms with Crippen LogP contribution < -0.4 is 10.2 Å². The number of hydrogen-bond acceptors (Lipinski definition) is 6. The van der Waals surface area contributed by atoms with Gasteiger partial charge in [0.1, 0.15) is 29.7 Å². The Bertz CT molecular complexity index is 1430. The van der Waals surface area contributed by atoms with Gasteiger partial charge in [-0.3, -0.25) is 14.5 Å². The number of aromatic nitrogens is 4. The molecule has 2 aromatic carbocycles. The van der Waals surface area contributed by atoms with Gasteiger partial charge in [0.2, 0.25) is 5.82 Å². The number of tetrazole rings is 1. The Morgan fingerprint density at radius 3 is 2.53 bits per heavy atom. The van der Waals surface area contributed by atoms with Gasteiger partial charge in [0.15, 0.2) is 6.04 Å². The largest absolute Gasteiger partial charge is 0.464 e. The molecule has 1 fully saturated rings. The average Bonchev–Trinajstić information content (AvgIpc) is 3.66. The highest BCUT2D eigenvalue weighted by molar-refractivity contribution is 6.01. The molecule has 1 saturated carbocycles. The van der Waals surface area contributed by atoms with Gasteiger partial charge in [-0.05, 0) is 79.6 Å². The number of nitrogens with one attached hydrogen (secondary N) is 1. The fraction of sp³-hybridized carbons (Fsp3) is 0.296. The maximum Gasteiger partial charge on any atom is 0.251 e. The maximum atomic E-state index is 14.3. The molecule has 5 rings (SSSR count). The molecule has 196 valence electrons. The second-order valence-electron chi connectivity index (χ2n) is 9.23.